The van der Waals surface area contributed by atoms with E-state index in [0.29, 0.717) is 30.6 Å². The number of rotatable bonds is 8. The summed E-state index contributed by atoms with van der Waals surface area (Å²) in [5.41, 5.74) is 1.73. The number of aryl methyl sites for hydroxylation is 2. The van der Waals surface area contributed by atoms with Crippen LogP contribution in [0.3, 0.4) is 0 Å². The lowest BCUT2D eigenvalue weighted by molar-refractivity contribution is -0.116. The lowest BCUT2D eigenvalue weighted by atomic mass is 10.2. The number of aromatic nitrogens is 5. The molecule has 9 nitrogen and oxygen atoms in total. The van der Waals surface area contributed by atoms with E-state index in [1.165, 1.54) is 17.9 Å². The second-order valence-corrected chi connectivity index (χ2v) is 8.62. The predicted octanol–water partition coefficient (Wildman–Crippen LogP) is 2.54. The maximum absolute atomic E-state index is 12.5. The van der Waals surface area contributed by atoms with E-state index < -0.39 is 11.2 Å². The topological polar surface area (TPSA) is 104 Å². The first-order valence-electron chi connectivity index (χ1n) is 10.5. The second-order valence-electron chi connectivity index (χ2n) is 7.62. The van der Waals surface area contributed by atoms with E-state index in [4.69, 9.17) is 0 Å². The molecule has 1 N–H and O–H groups in total. The number of hydrogen-bond donors (Lipinski definition) is 1. The van der Waals surface area contributed by atoms with Gasteiger partial charge in [0.15, 0.2) is 11.2 Å². The summed E-state index contributed by atoms with van der Waals surface area (Å²) in [6.07, 6.45) is 4.12. The lowest BCUT2D eigenvalue weighted by Crippen LogP contribution is -2.37. The van der Waals surface area contributed by atoms with Crippen LogP contribution >= 0.6 is 11.8 Å². The van der Waals surface area contributed by atoms with Crippen molar-refractivity contribution in [1.29, 1.82) is 0 Å². The normalized spacial score (nSPS) is 11.1. The van der Waals surface area contributed by atoms with E-state index in [9.17, 15) is 14.4 Å². The minimum atomic E-state index is -0.419. The Morgan fingerprint density at radius 2 is 1.91 bits per heavy atom. The number of carbonyl (C=O) groups excluding carboxylic acids is 1. The average molecular weight is 465 g/mol. The first-order valence-corrected chi connectivity index (χ1v) is 11.5. The molecular formula is C23H24N6O3S. The Bertz CT molecular complexity index is 1410. The number of anilines is 1. The molecular weight excluding hydrogens is 440 g/mol. The zero-order valence-electron chi connectivity index (χ0n) is 18.4. The van der Waals surface area contributed by atoms with E-state index in [1.54, 1.807) is 29.6 Å². The highest BCUT2D eigenvalue weighted by Gasteiger charge is 2.14. The minimum Gasteiger partial charge on any atom is -0.326 e. The molecule has 0 radical (unpaired) electrons. The van der Waals surface area contributed by atoms with Crippen molar-refractivity contribution in [3.05, 3.63) is 81.4 Å². The Morgan fingerprint density at radius 3 is 2.70 bits per heavy atom. The van der Waals surface area contributed by atoms with Crippen LogP contribution in [-0.2, 0) is 31.2 Å². The molecule has 0 spiro atoms. The molecule has 1 amide bonds. The zero-order chi connectivity index (χ0) is 23.4. The van der Waals surface area contributed by atoms with Gasteiger partial charge in [-0.1, -0.05) is 18.2 Å². The number of nitrogens with zero attached hydrogens (tertiary/aromatic N) is 5. The Kier molecular flexibility index (Phi) is 6.74. The van der Waals surface area contributed by atoms with Crippen molar-refractivity contribution in [3.63, 3.8) is 0 Å². The second kappa shape index (κ2) is 9.86. The monoisotopic (exact) mass is 464 g/mol. The SMILES string of the molecule is Cn1c(=O)c2c(ncn2CCCC(=O)Nc2cccc(CSc3ccccn3)c2)n(C)c1=O. The third-order valence-electron chi connectivity index (χ3n) is 5.26. The number of nitrogens with one attached hydrogen (secondary N) is 1. The largest absolute Gasteiger partial charge is 0.332 e. The van der Waals surface area contributed by atoms with Gasteiger partial charge in [-0.25, -0.2) is 14.8 Å². The van der Waals surface area contributed by atoms with Crippen LogP contribution in [0.15, 0.2) is 69.6 Å². The molecule has 3 heterocycles. The van der Waals surface area contributed by atoms with E-state index in [0.717, 1.165) is 26.6 Å². The summed E-state index contributed by atoms with van der Waals surface area (Å²) < 4.78 is 4.10. The van der Waals surface area contributed by atoms with Crippen LogP contribution in [0.4, 0.5) is 5.69 Å². The van der Waals surface area contributed by atoms with Gasteiger partial charge in [0.25, 0.3) is 5.56 Å². The van der Waals surface area contributed by atoms with Gasteiger partial charge in [0.1, 0.15) is 0 Å². The number of thioether (sulfide) groups is 1. The van der Waals surface area contributed by atoms with Crippen molar-refractivity contribution in [3.8, 4) is 0 Å². The summed E-state index contributed by atoms with van der Waals surface area (Å²) in [4.78, 5) is 45.5. The molecule has 0 saturated carbocycles. The number of pyridine rings is 1. The number of hydrogen-bond acceptors (Lipinski definition) is 6. The predicted molar refractivity (Wildman–Crippen MR) is 128 cm³/mol. The molecule has 170 valence electrons. The third-order valence-corrected chi connectivity index (χ3v) is 6.27. The van der Waals surface area contributed by atoms with Crippen molar-refractivity contribution in [2.45, 2.75) is 30.2 Å². The van der Waals surface area contributed by atoms with Crippen LogP contribution in [-0.4, -0.2) is 29.6 Å². The summed E-state index contributed by atoms with van der Waals surface area (Å²) in [5, 5.41) is 3.89. The molecule has 10 heteroatoms. The molecule has 1 aromatic carbocycles. The van der Waals surface area contributed by atoms with Gasteiger partial charge in [0, 0.05) is 44.7 Å². The summed E-state index contributed by atoms with van der Waals surface area (Å²) in [6, 6.07) is 13.6. The Labute approximate surface area is 194 Å². The van der Waals surface area contributed by atoms with Gasteiger partial charge < -0.3 is 9.88 Å². The van der Waals surface area contributed by atoms with Gasteiger partial charge in [-0.05, 0) is 36.2 Å². The fourth-order valence-corrected chi connectivity index (χ4v) is 4.33. The third kappa shape index (κ3) is 5.06. The highest BCUT2D eigenvalue weighted by atomic mass is 32.2. The highest BCUT2D eigenvalue weighted by molar-refractivity contribution is 7.98. The minimum absolute atomic E-state index is 0.103. The molecule has 3 aromatic heterocycles. The van der Waals surface area contributed by atoms with Crippen molar-refractivity contribution < 1.29 is 4.79 Å². The Morgan fingerprint density at radius 1 is 1.06 bits per heavy atom. The molecule has 0 aliphatic rings. The van der Waals surface area contributed by atoms with Gasteiger partial charge in [-0.15, -0.1) is 11.8 Å². The number of benzene rings is 1. The van der Waals surface area contributed by atoms with Crippen LogP contribution < -0.4 is 16.6 Å². The molecule has 4 aromatic rings. The van der Waals surface area contributed by atoms with Crippen molar-refractivity contribution in [2.75, 3.05) is 5.32 Å². The number of amides is 1. The van der Waals surface area contributed by atoms with E-state index in [1.807, 2.05) is 42.5 Å². The molecule has 0 unspecified atom stereocenters. The highest BCUT2D eigenvalue weighted by Crippen LogP contribution is 2.22. The lowest BCUT2D eigenvalue weighted by Gasteiger charge is -2.09. The number of carbonyl (C=O) groups is 1. The Balaban J connectivity index is 1.34. The van der Waals surface area contributed by atoms with Crippen LogP contribution in [0.5, 0.6) is 0 Å². The molecule has 0 aliphatic heterocycles. The molecule has 4 rings (SSSR count). The van der Waals surface area contributed by atoms with Gasteiger partial charge in [0.2, 0.25) is 5.91 Å². The smallest absolute Gasteiger partial charge is 0.326 e. The maximum Gasteiger partial charge on any atom is 0.332 e. The Hall–Kier alpha value is -3.66. The van der Waals surface area contributed by atoms with Crippen LogP contribution in [0, 0.1) is 0 Å². The maximum atomic E-state index is 12.5. The number of imidazole rings is 1. The van der Waals surface area contributed by atoms with Crippen molar-refractivity contribution in [1.82, 2.24) is 23.7 Å². The van der Waals surface area contributed by atoms with Gasteiger partial charge >= 0.3 is 5.69 Å². The number of fused-ring (bicyclic) bond motifs is 1. The molecule has 0 aliphatic carbocycles. The van der Waals surface area contributed by atoms with Gasteiger partial charge in [0.05, 0.1) is 11.4 Å². The molecule has 0 bridgehead atoms. The van der Waals surface area contributed by atoms with Crippen LogP contribution in [0.2, 0.25) is 0 Å². The average Bonchev–Trinajstić information content (AvgIpc) is 3.25. The fraction of sp³-hybridized carbons (Fsp3) is 0.261. The van der Waals surface area contributed by atoms with E-state index in [-0.39, 0.29) is 5.91 Å². The van der Waals surface area contributed by atoms with Gasteiger partial charge in [-0.2, -0.15) is 0 Å². The standard InChI is InChI=1S/C23H24N6O3S/c1-27-21-20(22(31)28(2)23(27)32)29(15-25-21)12-6-9-18(30)26-17-8-5-7-16(13-17)14-33-19-10-3-4-11-24-19/h3-5,7-8,10-11,13,15H,6,9,12,14H2,1-2H3,(H,26,30). The first-order chi connectivity index (χ1) is 15.9. The molecule has 0 saturated heterocycles. The zero-order valence-corrected chi connectivity index (χ0v) is 19.2. The summed E-state index contributed by atoms with van der Waals surface area (Å²) >= 11 is 1.64. The first kappa shape index (κ1) is 22.5. The summed E-state index contributed by atoms with van der Waals surface area (Å²) in [5.74, 6) is 0.653. The molecule has 33 heavy (non-hydrogen) atoms. The van der Waals surface area contributed by atoms with Crippen LogP contribution in [0.25, 0.3) is 11.2 Å². The molecule has 0 atom stereocenters. The summed E-state index contributed by atoms with van der Waals surface area (Å²) in [7, 11) is 3.02. The van der Waals surface area contributed by atoms with E-state index in [2.05, 4.69) is 15.3 Å². The summed E-state index contributed by atoms with van der Waals surface area (Å²) in [6.45, 7) is 0.443. The fourth-order valence-electron chi connectivity index (χ4n) is 3.53. The van der Waals surface area contributed by atoms with Crippen LogP contribution in [0.1, 0.15) is 18.4 Å². The molecule has 0 fully saturated rings. The quantitative estimate of drug-likeness (QED) is 0.402. The van der Waals surface area contributed by atoms with E-state index >= 15 is 0 Å². The van der Waals surface area contributed by atoms with Gasteiger partial charge in [-0.3, -0.25) is 18.7 Å². The van der Waals surface area contributed by atoms with Crippen molar-refractivity contribution >= 4 is 34.5 Å². The van der Waals surface area contributed by atoms with Crippen molar-refractivity contribution in [2.24, 2.45) is 14.1 Å².